The minimum atomic E-state index is -1.09. The molecule has 2 aromatic carbocycles. The first kappa shape index (κ1) is 23.6. The van der Waals surface area contributed by atoms with E-state index in [1.54, 1.807) is 20.1 Å². The summed E-state index contributed by atoms with van der Waals surface area (Å²) in [4.78, 5) is 15.2. The molecule has 0 radical (unpaired) electrons. The average Bonchev–Trinajstić information content (AvgIpc) is 2.78. The summed E-state index contributed by atoms with van der Waals surface area (Å²) in [7, 11) is 1.66. The van der Waals surface area contributed by atoms with Gasteiger partial charge in [0.15, 0.2) is 11.6 Å². The van der Waals surface area contributed by atoms with Crippen molar-refractivity contribution in [1.29, 1.82) is 0 Å². The average molecular weight is 445 g/mol. The lowest BCUT2D eigenvalue weighted by Crippen LogP contribution is -2.49. The summed E-state index contributed by atoms with van der Waals surface area (Å²) in [5, 5.41) is 19.2. The second-order valence-corrected chi connectivity index (χ2v) is 7.74. The van der Waals surface area contributed by atoms with E-state index in [4.69, 9.17) is 14.6 Å². The number of carboxylic acids is 1. The van der Waals surface area contributed by atoms with Gasteiger partial charge in [-0.3, -0.25) is 4.90 Å². The number of aliphatic hydroxyl groups is 1. The molecule has 2 N–H and O–H groups in total. The molecule has 7 nitrogen and oxygen atoms in total. The zero-order valence-electron chi connectivity index (χ0n) is 18.3. The SMILES string of the molecule is COc1ccccc1N1CCN(CC(O)COc2ccc(C(C)=CC(=O)O)cc2F)CC1. The zero-order valence-corrected chi connectivity index (χ0v) is 18.3. The highest BCUT2D eigenvalue weighted by Crippen LogP contribution is 2.28. The molecule has 1 heterocycles. The fourth-order valence-electron chi connectivity index (χ4n) is 3.73. The van der Waals surface area contributed by atoms with E-state index in [1.165, 1.54) is 12.1 Å². The lowest BCUT2D eigenvalue weighted by molar-refractivity contribution is -0.131. The molecule has 3 rings (SSSR count). The van der Waals surface area contributed by atoms with Crippen molar-refractivity contribution in [2.75, 3.05) is 51.3 Å². The van der Waals surface area contributed by atoms with Gasteiger partial charge in [0.2, 0.25) is 0 Å². The van der Waals surface area contributed by atoms with Crippen molar-refractivity contribution in [3.05, 3.63) is 59.9 Å². The number of ether oxygens (including phenoxy) is 2. The molecule has 0 amide bonds. The predicted molar refractivity (Wildman–Crippen MR) is 121 cm³/mol. The number of methoxy groups -OCH3 is 1. The Labute approximate surface area is 187 Å². The van der Waals surface area contributed by atoms with Gasteiger partial charge in [-0.1, -0.05) is 18.2 Å². The van der Waals surface area contributed by atoms with Crippen LogP contribution in [0.3, 0.4) is 0 Å². The molecule has 1 unspecified atom stereocenters. The van der Waals surface area contributed by atoms with E-state index in [2.05, 4.69) is 9.80 Å². The van der Waals surface area contributed by atoms with E-state index < -0.39 is 17.9 Å². The summed E-state index contributed by atoms with van der Waals surface area (Å²) in [6.07, 6.45) is 0.257. The minimum absolute atomic E-state index is 0.0249. The van der Waals surface area contributed by atoms with Crippen LogP contribution < -0.4 is 14.4 Å². The Morgan fingerprint density at radius 3 is 2.53 bits per heavy atom. The Bertz CT molecular complexity index is 957. The predicted octanol–water partition coefficient (Wildman–Crippen LogP) is 2.88. The van der Waals surface area contributed by atoms with E-state index in [-0.39, 0.29) is 12.4 Å². The van der Waals surface area contributed by atoms with Crippen LogP contribution in [0.4, 0.5) is 10.1 Å². The van der Waals surface area contributed by atoms with Gasteiger partial charge in [0.25, 0.3) is 0 Å². The van der Waals surface area contributed by atoms with Crippen LogP contribution in [0.2, 0.25) is 0 Å². The number of hydrogen-bond donors (Lipinski definition) is 2. The number of hydrogen-bond acceptors (Lipinski definition) is 6. The van der Waals surface area contributed by atoms with Gasteiger partial charge < -0.3 is 24.6 Å². The van der Waals surface area contributed by atoms with Crippen LogP contribution in [0.15, 0.2) is 48.5 Å². The van der Waals surface area contributed by atoms with E-state index in [9.17, 15) is 14.3 Å². The summed E-state index contributed by atoms with van der Waals surface area (Å²) in [6, 6.07) is 12.2. The maximum absolute atomic E-state index is 14.3. The number of piperazine rings is 1. The Kier molecular flexibility index (Phi) is 8.08. The summed E-state index contributed by atoms with van der Waals surface area (Å²) >= 11 is 0. The Hall–Kier alpha value is -3.10. The first-order valence-corrected chi connectivity index (χ1v) is 10.5. The number of benzene rings is 2. The quantitative estimate of drug-likeness (QED) is 0.576. The molecular formula is C24H29FN2O5. The smallest absolute Gasteiger partial charge is 0.328 e. The number of aliphatic carboxylic acids is 1. The highest BCUT2D eigenvalue weighted by Gasteiger charge is 2.21. The maximum Gasteiger partial charge on any atom is 0.328 e. The van der Waals surface area contributed by atoms with Gasteiger partial charge >= 0.3 is 5.97 Å². The molecule has 1 atom stereocenters. The van der Waals surface area contributed by atoms with Crippen molar-refractivity contribution in [1.82, 2.24) is 4.90 Å². The van der Waals surface area contributed by atoms with Crippen LogP contribution in [0.5, 0.6) is 11.5 Å². The van der Waals surface area contributed by atoms with E-state index in [1.807, 2.05) is 24.3 Å². The summed E-state index contributed by atoms with van der Waals surface area (Å²) in [6.45, 7) is 5.19. The van der Waals surface area contributed by atoms with E-state index in [0.717, 1.165) is 43.7 Å². The highest BCUT2D eigenvalue weighted by molar-refractivity contribution is 5.89. The Morgan fingerprint density at radius 2 is 1.88 bits per heavy atom. The summed E-state index contributed by atoms with van der Waals surface area (Å²) < 4.78 is 25.2. The molecule has 1 saturated heterocycles. The molecule has 0 spiro atoms. The van der Waals surface area contributed by atoms with E-state index in [0.29, 0.717) is 17.7 Å². The van der Waals surface area contributed by atoms with Gasteiger partial charge in [-0.25, -0.2) is 9.18 Å². The zero-order chi connectivity index (χ0) is 23.1. The lowest BCUT2D eigenvalue weighted by Gasteiger charge is -2.37. The Morgan fingerprint density at radius 1 is 1.16 bits per heavy atom. The molecule has 1 fully saturated rings. The van der Waals surface area contributed by atoms with Crippen LogP contribution >= 0.6 is 0 Å². The second-order valence-electron chi connectivity index (χ2n) is 7.74. The number of nitrogens with zero attached hydrogens (tertiary/aromatic N) is 2. The maximum atomic E-state index is 14.3. The molecule has 32 heavy (non-hydrogen) atoms. The summed E-state index contributed by atoms with van der Waals surface area (Å²) in [5.41, 5.74) is 1.96. The van der Waals surface area contributed by atoms with Crippen LogP contribution in [-0.2, 0) is 4.79 Å². The molecule has 0 aromatic heterocycles. The van der Waals surface area contributed by atoms with Crippen LogP contribution in [0.25, 0.3) is 5.57 Å². The number of anilines is 1. The molecule has 0 aliphatic carbocycles. The number of rotatable bonds is 9. The largest absolute Gasteiger partial charge is 0.495 e. The molecule has 172 valence electrons. The van der Waals surface area contributed by atoms with Crippen molar-refractivity contribution in [3.8, 4) is 11.5 Å². The third kappa shape index (κ3) is 6.21. The number of carboxylic acid groups (broad SMARTS) is 1. The second kappa shape index (κ2) is 11.0. The van der Waals surface area contributed by atoms with Crippen molar-refractivity contribution in [2.24, 2.45) is 0 Å². The molecule has 1 aliphatic heterocycles. The third-order valence-electron chi connectivity index (χ3n) is 5.43. The normalized spacial score (nSPS) is 16.0. The first-order valence-electron chi connectivity index (χ1n) is 10.5. The highest BCUT2D eigenvalue weighted by atomic mass is 19.1. The number of carbonyl (C=O) groups is 1. The fraction of sp³-hybridized carbons (Fsp3) is 0.375. The molecular weight excluding hydrogens is 415 g/mol. The fourth-order valence-corrected chi connectivity index (χ4v) is 3.73. The number of allylic oxidation sites excluding steroid dienone is 1. The first-order chi connectivity index (χ1) is 15.4. The number of β-amino-alcohol motifs (C(OH)–C–C–N with tert-alkyl or cyclic N) is 1. The van der Waals surface area contributed by atoms with Gasteiger partial charge in [-0.05, 0) is 42.3 Å². The van der Waals surface area contributed by atoms with Crippen molar-refractivity contribution in [3.63, 3.8) is 0 Å². The lowest BCUT2D eigenvalue weighted by atomic mass is 10.1. The topological polar surface area (TPSA) is 82.5 Å². The number of aliphatic hydroxyl groups excluding tert-OH is 1. The summed E-state index contributed by atoms with van der Waals surface area (Å²) in [5.74, 6) is -0.818. The minimum Gasteiger partial charge on any atom is -0.495 e. The van der Waals surface area contributed by atoms with Crippen molar-refractivity contribution in [2.45, 2.75) is 13.0 Å². The van der Waals surface area contributed by atoms with Crippen LogP contribution in [0.1, 0.15) is 12.5 Å². The molecule has 1 aliphatic rings. The molecule has 0 saturated carbocycles. The van der Waals surface area contributed by atoms with Crippen LogP contribution in [0, 0.1) is 5.82 Å². The van der Waals surface area contributed by atoms with Gasteiger partial charge in [-0.2, -0.15) is 0 Å². The van der Waals surface area contributed by atoms with Crippen molar-refractivity contribution >= 4 is 17.2 Å². The molecule has 0 bridgehead atoms. The Balaban J connectivity index is 1.48. The van der Waals surface area contributed by atoms with Gasteiger partial charge in [0.05, 0.1) is 12.8 Å². The molecule has 8 heteroatoms. The van der Waals surface area contributed by atoms with Gasteiger partial charge in [0, 0.05) is 38.8 Å². The van der Waals surface area contributed by atoms with Gasteiger partial charge in [0.1, 0.15) is 18.5 Å². The standard InChI is InChI=1S/C24H29FN2O5/c1-17(13-24(29)30)18-7-8-22(20(25)14-18)32-16-19(28)15-26-9-11-27(12-10-26)21-5-3-4-6-23(21)31-2/h3-8,13-14,19,28H,9-12,15-16H2,1-2H3,(H,29,30). The van der Waals surface area contributed by atoms with Gasteiger partial charge in [-0.15, -0.1) is 0 Å². The van der Waals surface area contributed by atoms with E-state index >= 15 is 0 Å². The molecule has 2 aromatic rings. The monoisotopic (exact) mass is 444 g/mol. The number of para-hydroxylation sites is 2. The third-order valence-corrected chi connectivity index (χ3v) is 5.43. The van der Waals surface area contributed by atoms with Crippen LogP contribution in [-0.4, -0.2) is 73.6 Å². The van der Waals surface area contributed by atoms with Crippen molar-refractivity contribution < 1.29 is 28.9 Å². The number of halogens is 1.